The summed E-state index contributed by atoms with van der Waals surface area (Å²) >= 11 is 0. The maximum Gasteiger partial charge on any atom is 0.0753 e. The molecular weight excluding hydrogens is 340 g/mol. The van der Waals surface area contributed by atoms with E-state index in [1.807, 2.05) is 0 Å². The fourth-order valence-electron chi connectivity index (χ4n) is 6.67. The van der Waals surface area contributed by atoms with Crippen molar-refractivity contribution in [3.8, 4) is 0 Å². The highest BCUT2D eigenvalue weighted by molar-refractivity contribution is 5.31. The van der Waals surface area contributed by atoms with E-state index in [2.05, 4.69) is 46.4 Å². The SMILES string of the molecule is CC1=C(C=C=C2CCC[C@]3(C)[C@@H]([C@H](C)CCCC(C)C)CC[C@@H]23)CCC[C@@H]1O. The van der Waals surface area contributed by atoms with Crippen molar-refractivity contribution in [2.45, 2.75) is 111 Å². The van der Waals surface area contributed by atoms with E-state index in [0.29, 0.717) is 5.41 Å². The zero-order valence-corrected chi connectivity index (χ0v) is 19.2. The normalized spacial score (nSPS) is 34.4. The average molecular weight is 385 g/mol. The van der Waals surface area contributed by atoms with E-state index in [0.717, 1.165) is 42.9 Å². The van der Waals surface area contributed by atoms with Crippen molar-refractivity contribution in [2.24, 2.45) is 29.1 Å². The number of allylic oxidation sites excluding steroid dienone is 2. The molecule has 5 atom stereocenters. The maximum atomic E-state index is 10.2. The molecule has 0 aromatic rings. The number of rotatable bonds is 6. The van der Waals surface area contributed by atoms with Gasteiger partial charge in [0.05, 0.1) is 6.10 Å². The van der Waals surface area contributed by atoms with E-state index in [-0.39, 0.29) is 6.10 Å². The van der Waals surface area contributed by atoms with Gasteiger partial charge in [-0.05, 0) is 110 Å². The first-order valence-electron chi connectivity index (χ1n) is 12.2. The molecule has 0 aromatic carbocycles. The van der Waals surface area contributed by atoms with Crippen molar-refractivity contribution in [1.29, 1.82) is 0 Å². The Hall–Kier alpha value is -0.780. The minimum Gasteiger partial charge on any atom is -0.389 e. The molecule has 2 saturated carbocycles. The van der Waals surface area contributed by atoms with Gasteiger partial charge in [-0.1, -0.05) is 47.0 Å². The summed E-state index contributed by atoms with van der Waals surface area (Å²) in [5.74, 6) is 3.32. The van der Waals surface area contributed by atoms with Crippen LogP contribution in [0.15, 0.2) is 28.5 Å². The molecule has 3 aliphatic rings. The number of hydrogen-bond acceptors (Lipinski definition) is 1. The first-order valence-corrected chi connectivity index (χ1v) is 12.2. The van der Waals surface area contributed by atoms with Crippen LogP contribution < -0.4 is 0 Å². The number of hydrogen-bond donors (Lipinski definition) is 1. The fraction of sp³-hybridized carbons (Fsp3) is 0.815. The van der Waals surface area contributed by atoms with E-state index < -0.39 is 0 Å². The number of fused-ring (bicyclic) bond motifs is 1. The van der Waals surface area contributed by atoms with E-state index in [4.69, 9.17) is 0 Å². The molecule has 1 nitrogen and oxygen atoms in total. The van der Waals surface area contributed by atoms with Crippen molar-refractivity contribution in [1.82, 2.24) is 0 Å². The zero-order chi connectivity index (χ0) is 20.3. The van der Waals surface area contributed by atoms with Gasteiger partial charge in [0.2, 0.25) is 0 Å². The van der Waals surface area contributed by atoms with Gasteiger partial charge in [0, 0.05) is 0 Å². The lowest BCUT2D eigenvalue weighted by atomic mass is 9.61. The summed E-state index contributed by atoms with van der Waals surface area (Å²) in [7, 11) is 0. The van der Waals surface area contributed by atoms with Crippen molar-refractivity contribution in [3.63, 3.8) is 0 Å². The van der Waals surface area contributed by atoms with Crippen LogP contribution in [0.4, 0.5) is 0 Å². The molecule has 158 valence electrons. The Balaban J connectivity index is 1.74. The van der Waals surface area contributed by atoms with Gasteiger partial charge in [0.1, 0.15) is 0 Å². The average Bonchev–Trinajstić information content (AvgIpc) is 3.00. The monoisotopic (exact) mass is 384 g/mol. The number of aliphatic hydroxyl groups excluding tert-OH is 1. The van der Waals surface area contributed by atoms with Gasteiger partial charge in [-0.15, -0.1) is 5.73 Å². The second-order valence-electron chi connectivity index (χ2n) is 10.8. The van der Waals surface area contributed by atoms with E-state index in [9.17, 15) is 5.11 Å². The molecule has 1 N–H and O–H groups in total. The standard InChI is InChI=1S/C27H44O/c1-19(2)9-6-10-20(3)24-16-17-25-23(12-8-18-27(24,25)5)15-14-22-11-7-13-26(28)21(22)4/h14,19-20,24-26,28H,6-13,16-18H2,1-5H3/t15?,20-,24-,25+,26+,27-/m1/s1. The topological polar surface area (TPSA) is 20.2 Å². The van der Waals surface area contributed by atoms with Crippen LogP contribution in [0.25, 0.3) is 0 Å². The lowest BCUT2D eigenvalue weighted by Gasteiger charge is -2.44. The molecule has 0 amide bonds. The highest BCUT2D eigenvalue weighted by atomic mass is 16.3. The summed E-state index contributed by atoms with van der Waals surface area (Å²) in [5, 5.41) is 10.2. The second-order valence-corrected chi connectivity index (χ2v) is 10.8. The third-order valence-electron chi connectivity index (χ3n) is 8.48. The van der Waals surface area contributed by atoms with Crippen LogP contribution in [-0.2, 0) is 0 Å². The van der Waals surface area contributed by atoms with Gasteiger partial charge < -0.3 is 5.11 Å². The molecular formula is C27H44O. The Morgan fingerprint density at radius 3 is 2.64 bits per heavy atom. The highest BCUT2D eigenvalue weighted by Crippen LogP contribution is 2.59. The molecule has 0 saturated heterocycles. The molecule has 0 heterocycles. The molecule has 2 fully saturated rings. The summed E-state index contributed by atoms with van der Waals surface area (Å²) in [5.41, 5.74) is 8.38. The van der Waals surface area contributed by atoms with Crippen LogP contribution in [0.3, 0.4) is 0 Å². The van der Waals surface area contributed by atoms with Crippen molar-refractivity contribution >= 4 is 0 Å². The summed E-state index contributed by atoms with van der Waals surface area (Å²) in [6.07, 6.45) is 16.1. The third-order valence-corrected chi connectivity index (χ3v) is 8.48. The highest BCUT2D eigenvalue weighted by Gasteiger charge is 2.50. The summed E-state index contributed by atoms with van der Waals surface area (Å²) in [6.45, 7) is 11.9. The van der Waals surface area contributed by atoms with Crippen LogP contribution in [0.1, 0.15) is 105 Å². The molecule has 1 heteroatoms. The van der Waals surface area contributed by atoms with Gasteiger partial charge in [-0.25, -0.2) is 0 Å². The van der Waals surface area contributed by atoms with E-state index >= 15 is 0 Å². The predicted molar refractivity (Wildman–Crippen MR) is 120 cm³/mol. The van der Waals surface area contributed by atoms with Crippen molar-refractivity contribution in [2.75, 3.05) is 0 Å². The summed E-state index contributed by atoms with van der Waals surface area (Å²) < 4.78 is 0. The van der Waals surface area contributed by atoms with Crippen LogP contribution in [0.2, 0.25) is 0 Å². The van der Waals surface area contributed by atoms with Gasteiger partial charge in [0.15, 0.2) is 0 Å². The largest absolute Gasteiger partial charge is 0.389 e. The zero-order valence-electron chi connectivity index (χ0n) is 19.2. The Morgan fingerprint density at radius 1 is 1.11 bits per heavy atom. The minimum atomic E-state index is -0.231. The fourth-order valence-corrected chi connectivity index (χ4v) is 6.67. The Morgan fingerprint density at radius 2 is 1.89 bits per heavy atom. The summed E-state index contributed by atoms with van der Waals surface area (Å²) in [4.78, 5) is 0. The Bertz CT molecular complexity index is 633. The van der Waals surface area contributed by atoms with E-state index in [1.54, 1.807) is 5.57 Å². The van der Waals surface area contributed by atoms with Gasteiger partial charge in [0.25, 0.3) is 0 Å². The van der Waals surface area contributed by atoms with Crippen LogP contribution >= 0.6 is 0 Å². The Labute approximate surface area is 174 Å². The van der Waals surface area contributed by atoms with Crippen LogP contribution in [0, 0.1) is 29.1 Å². The molecule has 0 spiro atoms. The third kappa shape index (κ3) is 4.68. The van der Waals surface area contributed by atoms with Crippen molar-refractivity contribution < 1.29 is 5.11 Å². The number of aliphatic hydroxyl groups is 1. The first-order chi connectivity index (χ1) is 13.3. The predicted octanol–water partition coefficient (Wildman–Crippen LogP) is 7.61. The molecule has 3 rings (SSSR count). The van der Waals surface area contributed by atoms with Crippen LogP contribution in [0.5, 0.6) is 0 Å². The lowest BCUT2D eigenvalue weighted by molar-refractivity contribution is 0.0930. The smallest absolute Gasteiger partial charge is 0.0753 e. The molecule has 0 aliphatic heterocycles. The van der Waals surface area contributed by atoms with Gasteiger partial charge >= 0.3 is 0 Å². The molecule has 0 radical (unpaired) electrons. The quantitative estimate of drug-likeness (QED) is 0.467. The van der Waals surface area contributed by atoms with Crippen molar-refractivity contribution in [3.05, 3.63) is 28.5 Å². The summed E-state index contributed by atoms with van der Waals surface area (Å²) in [6, 6.07) is 0. The van der Waals surface area contributed by atoms with E-state index in [1.165, 1.54) is 62.5 Å². The maximum absolute atomic E-state index is 10.2. The molecule has 0 aromatic heterocycles. The molecule has 0 bridgehead atoms. The molecule has 3 aliphatic carbocycles. The Kier molecular flexibility index (Phi) is 7.32. The lowest BCUT2D eigenvalue weighted by Crippen LogP contribution is -2.35. The molecule has 0 unspecified atom stereocenters. The minimum absolute atomic E-state index is 0.231. The van der Waals surface area contributed by atoms with Gasteiger partial charge in [-0.3, -0.25) is 0 Å². The molecule has 28 heavy (non-hydrogen) atoms. The second kappa shape index (κ2) is 9.36. The first kappa shape index (κ1) is 21.9. The van der Waals surface area contributed by atoms with Gasteiger partial charge in [-0.2, -0.15) is 0 Å². The van der Waals surface area contributed by atoms with Crippen LogP contribution in [-0.4, -0.2) is 11.2 Å².